The van der Waals surface area contributed by atoms with Crippen molar-refractivity contribution >= 4 is 28.7 Å². The van der Waals surface area contributed by atoms with Gasteiger partial charge in [0.25, 0.3) is 0 Å². The number of fused-ring (bicyclic) bond motifs is 1. The number of benzene rings is 1. The Balaban J connectivity index is 2.40. The molecule has 0 saturated heterocycles. The summed E-state index contributed by atoms with van der Waals surface area (Å²) in [6.45, 7) is 5.77. The number of nitrogens with one attached hydrogen (secondary N) is 1. The summed E-state index contributed by atoms with van der Waals surface area (Å²) >= 11 is 0. The maximum atomic E-state index is 11.5. The van der Waals surface area contributed by atoms with Crippen LogP contribution in [0.15, 0.2) is 47.8 Å². The second-order valence-corrected chi connectivity index (χ2v) is 4.98. The molecule has 0 amide bonds. The first kappa shape index (κ1) is 15.6. The predicted octanol–water partition coefficient (Wildman–Crippen LogP) is 3.30. The normalized spacial score (nSPS) is 12.0. The fourth-order valence-electron chi connectivity index (χ4n) is 2.20. The Bertz CT molecular complexity index is 769. The lowest BCUT2D eigenvalue weighted by Gasteiger charge is -2.02. The summed E-state index contributed by atoms with van der Waals surface area (Å²) in [5, 5.41) is 12.9. The summed E-state index contributed by atoms with van der Waals surface area (Å²) in [4.78, 5) is 14.7. The van der Waals surface area contributed by atoms with Crippen LogP contribution in [0, 0.1) is 0 Å². The highest BCUT2D eigenvalue weighted by Crippen LogP contribution is 2.23. The van der Waals surface area contributed by atoms with E-state index in [4.69, 9.17) is 5.21 Å². The van der Waals surface area contributed by atoms with Crippen molar-refractivity contribution in [2.24, 2.45) is 5.16 Å². The molecule has 1 heterocycles. The number of hydrogen-bond acceptors (Lipinski definition) is 4. The number of esters is 1. The van der Waals surface area contributed by atoms with Gasteiger partial charge in [0.2, 0.25) is 0 Å². The van der Waals surface area contributed by atoms with Gasteiger partial charge in [-0.05, 0) is 18.1 Å². The van der Waals surface area contributed by atoms with E-state index in [0.29, 0.717) is 0 Å². The SMILES string of the molecule is C=C(C)C=Cc1cccc2c(CC(=NO)C(=O)OC)c[nH]c12. The molecule has 0 spiro atoms. The zero-order valence-corrected chi connectivity index (χ0v) is 12.6. The smallest absolute Gasteiger partial charge is 0.356 e. The van der Waals surface area contributed by atoms with E-state index in [9.17, 15) is 4.79 Å². The van der Waals surface area contributed by atoms with Crippen LogP contribution in [0.25, 0.3) is 17.0 Å². The van der Waals surface area contributed by atoms with Gasteiger partial charge in [0.05, 0.1) is 12.6 Å². The Morgan fingerprint density at radius 2 is 2.27 bits per heavy atom. The summed E-state index contributed by atoms with van der Waals surface area (Å²) in [7, 11) is 1.25. The van der Waals surface area contributed by atoms with E-state index in [1.165, 1.54) is 7.11 Å². The summed E-state index contributed by atoms with van der Waals surface area (Å²) in [6, 6.07) is 5.88. The minimum absolute atomic E-state index is 0.0359. The van der Waals surface area contributed by atoms with Gasteiger partial charge in [0.1, 0.15) is 0 Å². The van der Waals surface area contributed by atoms with Gasteiger partial charge in [-0.25, -0.2) is 4.79 Å². The number of rotatable bonds is 5. The lowest BCUT2D eigenvalue weighted by molar-refractivity contribution is -0.132. The molecule has 0 saturated carbocycles. The molecule has 0 aliphatic carbocycles. The van der Waals surface area contributed by atoms with Gasteiger partial charge < -0.3 is 14.9 Å². The van der Waals surface area contributed by atoms with Crippen LogP contribution in [0.5, 0.6) is 0 Å². The second-order valence-electron chi connectivity index (χ2n) is 4.98. The van der Waals surface area contributed by atoms with Crippen LogP contribution < -0.4 is 0 Å². The number of oxime groups is 1. The van der Waals surface area contributed by atoms with Crippen LogP contribution in [-0.2, 0) is 16.0 Å². The van der Waals surface area contributed by atoms with Crippen LogP contribution in [0.1, 0.15) is 18.1 Å². The molecule has 1 aromatic carbocycles. The molecular formula is C17H18N2O3. The van der Waals surface area contributed by atoms with E-state index in [0.717, 1.165) is 27.6 Å². The molecule has 0 atom stereocenters. The highest BCUT2D eigenvalue weighted by Gasteiger charge is 2.16. The number of ether oxygens (including phenoxy) is 1. The molecule has 5 nitrogen and oxygen atoms in total. The number of para-hydroxylation sites is 1. The van der Waals surface area contributed by atoms with Crippen molar-refractivity contribution in [1.82, 2.24) is 4.98 Å². The fraction of sp³-hybridized carbons (Fsp3) is 0.176. The van der Waals surface area contributed by atoms with Gasteiger partial charge in [-0.1, -0.05) is 47.7 Å². The quantitative estimate of drug-likeness (QED) is 0.292. The molecule has 0 unspecified atom stereocenters. The largest absolute Gasteiger partial charge is 0.464 e. The average molecular weight is 298 g/mol. The maximum Gasteiger partial charge on any atom is 0.356 e. The topological polar surface area (TPSA) is 74.7 Å². The van der Waals surface area contributed by atoms with E-state index in [2.05, 4.69) is 21.5 Å². The third-order valence-electron chi connectivity index (χ3n) is 3.28. The first-order chi connectivity index (χ1) is 10.6. The van der Waals surface area contributed by atoms with Crippen LogP contribution in [0.4, 0.5) is 0 Å². The van der Waals surface area contributed by atoms with Crippen molar-refractivity contribution in [2.75, 3.05) is 7.11 Å². The highest BCUT2D eigenvalue weighted by atomic mass is 16.5. The number of aromatic amines is 1. The lowest BCUT2D eigenvalue weighted by atomic mass is 10.0. The second kappa shape index (κ2) is 6.76. The number of allylic oxidation sites excluding steroid dienone is 2. The number of H-pyrrole nitrogens is 1. The van der Waals surface area contributed by atoms with Crippen LogP contribution in [0.2, 0.25) is 0 Å². The van der Waals surface area contributed by atoms with Gasteiger partial charge >= 0.3 is 5.97 Å². The average Bonchev–Trinajstić information content (AvgIpc) is 2.93. The van der Waals surface area contributed by atoms with E-state index in [1.54, 1.807) is 6.20 Å². The van der Waals surface area contributed by atoms with Crippen molar-refractivity contribution in [3.05, 3.63) is 53.8 Å². The van der Waals surface area contributed by atoms with E-state index >= 15 is 0 Å². The number of methoxy groups -OCH3 is 1. The van der Waals surface area contributed by atoms with Gasteiger partial charge in [-0.3, -0.25) is 0 Å². The van der Waals surface area contributed by atoms with E-state index in [1.807, 2.05) is 37.3 Å². The minimum atomic E-state index is -0.643. The molecule has 0 aliphatic rings. The predicted molar refractivity (Wildman–Crippen MR) is 87.1 cm³/mol. The number of nitrogens with zero attached hydrogens (tertiary/aromatic N) is 1. The molecule has 2 rings (SSSR count). The van der Waals surface area contributed by atoms with Crippen LogP contribution >= 0.6 is 0 Å². The zero-order chi connectivity index (χ0) is 16.1. The van der Waals surface area contributed by atoms with Crippen molar-refractivity contribution in [2.45, 2.75) is 13.3 Å². The van der Waals surface area contributed by atoms with Crippen molar-refractivity contribution in [3.8, 4) is 0 Å². The van der Waals surface area contributed by atoms with Gasteiger partial charge in [-0.15, -0.1) is 0 Å². The molecule has 0 fully saturated rings. The monoisotopic (exact) mass is 298 g/mol. The molecule has 22 heavy (non-hydrogen) atoms. The van der Waals surface area contributed by atoms with Crippen molar-refractivity contribution in [3.63, 3.8) is 0 Å². The molecule has 0 bridgehead atoms. The molecule has 2 N–H and O–H groups in total. The Morgan fingerprint density at radius 3 is 2.91 bits per heavy atom. The molecular weight excluding hydrogens is 280 g/mol. The number of aromatic nitrogens is 1. The molecule has 5 heteroatoms. The first-order valence-electron chi connectivity index (χ1n) is 6.78. The van der Waals surface area contributed by atoms with Crippen LogP contribution in [0.3, 0.4) is 0 Å². The van der Waals surface area contributed by atoms with Gasteiger partial charge in [0.15, 0.2) is 5.71 Å². The number of carbonyl (C=O) groups excluding carboxylic acids is 1. The minimum Gasteiger partial charge on any atom is -0.464 e. The number of carbonyl (C=O) groups is 1. The van der Waals surface area contributed by atoms with Gasteiger partial charge in [0, 0.05) is 18.0 Å². The summed E-state index contributed by atoms with van der Waals surface area (Å²) < 4.78 is 4.59. The van der Waals surface area contributed by atoms with E-state index < -0.39 is 5.97 Å². The molecule has 1 aromatic heterocycles. The third-order valence-corrected chi connectivity index (χ3v) is 3.28. The standard InChI is InChI=1S/C17H18N2O3/c1-11(2)7-8-12-5-4-6-14-13(10-18-16(12)14)9-15(19-21)17(20)22-3/h4-8,10,18,21H,1,9H2,2-3H3. The molecule has 0 radical (unpaired) electrons. The Hall–Kier alpha value is -2.82. The summed E-state index contributed by atoms with van der Waals surface area (Å²) in [5.41, 5.74) is 3.76. The lowest BCUT2D eigenvalue weighted by Crippen LogP contribution is -2.18. The molecule has 0 aliphatic heterocycles. The Morgan fingerprint density at radius 1 is 1.50 bits per heavy atom. The fourth-order valence-corrected chi connectivity index (χ4v) is 2.20. The van der Waals surface area contributed by atoms with E-state index in [-0.39, 0.29) is 12.1 Å². The van der Waals surface area contributed by atoms with Crippen molar-refractivity contribution in [1.29, 1.82) is 0 Å². The number of hydrogen-bond donors (Lipinski definition) is 2. The van der Waals surface area contributed by atoms with Gasteiger partial charge in [-0.2, -0.15) is 0 Å². The first-order valence-corrected chi connectivity index (χ1v) is 6.78. The Labute approximate surface area is 128 Å². The van der Waals surface area contributed by atoms with Crippen LogP contribution in [-0.4, -0.2) is 29.0 Å². The maximum absolute atomic E-state index is 11.5. The Kier molecular flexibility index (Phi) is 4.78. The zero-order valence-electron chi connectivity index (χ0n) is 12.6. The summed E-state index contributed by atoms with van der Waals surface area (Å²) in [6.07, 6.45) is 5.91. The third kappa shape index (κ3) is 3.25. The van der Waals surface area contributed by atoms with Crippen molar-refractivity contribution < 1.29 is 14.7 Å². The molecule has 2 aromatic rings. The highest BCUT2D eigenvalue weighted by molar-refractivity contribution is 6.37. The summed E-state index contributed by atoms with van der Waals surface area (Å²) in [5.74, 6) is -0.643. The molecule has 114 valence electrons.